The van der Waals surface area contributed by atoms with E-state index in [2.05, 4.69) is 20.4 Å². The summed E-state index contributed by atoms with van der Waals surface area (Å²) < 4.78 is 20.1. The minimum absolute atomic E-state index is 0.150. The number of carbonyl (C=O) groups is 1. The number of rotatable bonds is 6. The van der Waals surface area contributed by atoms with Crippen LogP contribution < -0.4 is 5.32 Å². The molecule has 0 aliphatic carbocycles. The lowest BCUT2D eigenvalue weighted by Gasteiger charge is -2.07. The molecule has 0 spiro atoms. The van der Waals surface area contributed by atoms with Crippen LogP contribution in [0.2, 0.25) is 0 Å². The van der Waals surface area contributed by atoms with Crippen molar-refractivity contribution in [1.29, 1.82) is 0 Å². The molecule has 9 heteroatoms. The van der Waals surface area contributed by atoms with E-state index < -0.39 is 0 Å². The number of carbonyl (C=O) groups excluding carboxylic acids is 1. The van der Waals surface area contributed by atoms with Crippen LogP contribution >= 0.6 is 11.8 Å². The molecule has 0 radical (unpaired) electrons. The summed E-state index contributed by atoms with van der Waals surface area (Å²) in [5, 5.41) is 8.79. The van der Waals surface area contributed by atoms with Gasteiger partial charge >= 0.3 is 0 Å². The van der Waals surface area contributed by atoms with E-state index in [9.17, 15) is 9.18 Å². The number of aromatic nitrogens is 4. The van der Waals surface area contributed by atoms with Crippen molar-refractivity contribution in [1.82, 2.24) is 24.9 Å². The molecule has 0 aliphatic rings. The highest BCUT2D eigenvalue weighted by molar-refractivity contribution is 7.99. The van der Waals surface area contributed by atoms with Crippen LogP contribution in [-0.4, -0.2) is 31.2 Å². The Balaban J connectivity index is 1.39. The summed E-state index contributed by atoms with van der Waals surface area (Å²) in [5.74, 6) is 0.687. The summed E-state index contributed by atoms with van der Waals surface area (Å²) in [6, 6.07) is 17.2. The number of hydrogen-bond donors (Lipinski definition) is 1. The monoisotopic (exact) mass is 433 g/mol. The fourth-order valence-electron chi connectivity index (χ4n) is 3.12. The molecule has 5 rings (SSSR count). The topological polar surface area (TPSA) is 85.3 Å². The van der Waals surface area contributed by atoms with Gasteiger partial charge in [-0.15, -0.1) is 5.10 Å². The van der Waals surface area contributed by atoms with E-state index in [4.69, 9.17) is 4.42 Å². The number of fused-ring (bicyclic) bond motifs is 3. The molecule has 31 heavy (non-hydrogen) atoms. The Hall–Kier alpha value is -3.72. The van der Waals surface area contributed by atoms with Crippen molar-refractivity contribution < 1.29 is 13.6 Å². The lowest BCUT2D eigenvalue weighted by molar-refractivity contribution is -0.118. The minimum Gasteiger partial charge on any atom is -0.461 e. The summed E-state index contributed by atoms with van der Waals surface area (Å²) in [6.45, 7) is 0.326. The van der Waals surface area contributed by atoms with Gasteiger partial charge in [0.15, 0.2) is 16.6 Å². The molecule has 0 fully saturated rings. The Labute approximate surface area is 180 Å². The SMILES string of the molecule is O=C(CSc1nc2ccccc2c2nc(-c3ccco3)nn12)NCc1ccc(F)cc1. The third-order valence-electron chi connectivity index (χ3n) is 4.63. The third kappa shape index (κ3) is 3.99. The second-order valence-corrected chi connectivity index (χ2v) is 7.69. The van der Waals surface area contributed by atoms with Gasteiger partial charge in [-0.2, -0.15) is 4.52 Å². The molecule has 0 unspecified atom stereocenters. The van der Waals surface area contributed by atoms with E-state index in [0.29, 0.717) is 28.9 Å². The van der Waals surface area contributed by atoms with E-state index >= 15 is 0 Å². The zero-order valence-corrected chi connectivity index (χ0v) is 17.0. The van der Waals surface area contributed by atoms with Gasteiger partial charge in [-0.05, 0) is 42.0 Å². The average Bonchev–Trinajstić information content (AvgIpc) is 3.47. The molecule has 3 heterocycles. The maximum Gasteiger partial charge on any atom is 0.230 e. The first kappa shape index (κ1) is 19.3. The molecule has 7 nitrogen and oxygen atoms in total. The van der Waals surface area contributed by atoms with Crippen molar-refractivity contribution in [2.75, 3.05) is 5.75 Å². The van der Waals surface area contributed by atoms with Crippen LogP contribution in [0.15, 0.2) is 76.5 Å². The summed E-state index contributed by atoms with van der Waals surface area (Å²) in [4.78, 5) is 21.7. The summed E-state index contributed by atoms with van der Waals surface area (Å²) >= 11 is 1.27. The highest BCUT2D eigenvalue weighted by Gasteiger charge is 2.17. The van der Waals surface area contributed by atoms with Crippen LogP contribution in [0.1, 0.15) is 5.56 Å². The van der Waals surface area contributed by atoms with E-state index in [1.54, 1.807) is 35.0 Å². The number of hydrogen-bond acceptors (Lipinski definition) is 6. The number of amides is 1. The average molecular weight is 433 g/mol. The molecular formula is C22H16FN5O2S. The molecule has 0 aliphatic heterocycles. The number of nitrogens with zero attached hydrogens (tertiary/aromatic N) is 4. The quantitative estimate of drug-likeness (QED) is 0.321. The van der Waals surface area contributed by atoms with Crippen molar-refractivity contribution in [3.05, 3.63) is 78.3 Å². The molecule has 1 N–H and O–H groups in total. The van der Waals surface area contributed by atoms with Gasteiger partial charge in [0, 0.05) is 11.9 Å². The van der Waals surface area contributed by atoms with Gasteiger partial charge < -0.3 is 9.73 Å². The lowest BCUT2D eigenvalue weighted by atomic mass is 10.2. The van der Waals surface area contributed by atoms with Gasteiger partial charge in [0.2, 0.25) is 11.7 Å². The van der Waals surface area contributed by atoms with Crippen LogP contribution in [0.4, 0.5) is 4.39 Å². The van der Waals surface area contributed by atoms with Crippen molar-refractivity contribution in [2.24, 2.45) is 0 Å². The largest absolute Gasteiger partial charge is 0.461 e. The first-order chi connectivity index (χ1) is 15.2. The second kappa shape index (κ2) is 8.19. The Kier molecular flexibility index (Phi) is 5.09. The number of thioether (sulfide) groups is 1. The molecule has 0 saturated heterocycles. The van der Waals surface area contributed by atoms with Gasteiger partial charge in [0.1, 0.15) is 5.82 Å². The molecule has 3 aromatic heterocycles. The van der Waals surface area contributed by atoms with Crippen molar-refractivity contribution in [3.8, 4) is 11.6 Å². The second-order valence-electron chi connectivity index (χ2n) is 6.75. The lowest BCUT2D eigenvalue weighted by Crippen LogP contribution is -2.24. The van der Waals surface area contributed by atoms with E-state index in [1.165, 1.54) is 23.9 Å². The summed E-state index contributed by atoms with van der Waals surface area (Å²) in [6.07, 6.45) is 1.57. The standard InChI is InChI=1S/C22H16FN5O2S/c23-15-9-7-14(8-10-15)12-24-19(29)13-31-22-25-17-5-2-1-4-16(17)21-26-20(27-28(21)22)18-6-3-11-30-18/h1-11H,12-13H2,(H,24,29). The zero-order chi connectivity index (χ0) is 21.2. The fourth-order valence-corrected chi connectivity index (χ4v) is 3.89. The van der Waals surface area contributed by atoms with Crippen molar-refractivity contribution in [3.63, 3.8) is 0 Å². The first-order valence-electron chi connectivity index (χ1n) is 9.51. The third-order valence-corrected chi connectivity index (χ3v) is 5.56. The Bertz CT molecular complexity index is 1370. The predicted octanol–water partition coefficient (Wildman–Crippen LogP) is 4.09. The van der Waals surface area contributed by atoms with Gasteiger partial charge in [-0.25, -0.2) is 14.4 Å². The molecular weight excluding hydrogens is 417 g/mol. The first-order valence-corrected chi connectivity index (χ1v) is 10.5. The summed E-state index contributed by atoms with van der Waals surface area (Å²) in [5.41, 5.74) is 2.24. The minimum atomic E-state index is -0.307. The number of nitrogens with one attached hydrogen (secondary N) is 1. The number of para-hydroxylation sites is 1. The van der Waals surface area contributed by atoms with E-state index in [1.807, 2.05) is 24.3 Å². The van der Waals surface area contributed by atoms with Crippen LogP contribution in [0.5, 0.6) is 0 Å². The highest BCUT2D eigenvalue weighted by atomic mass is 32.2. The molecule has 154 valence electrons. The van der Waals surface area contributed by atoms with Crippen molar-refractivity contribution >= 4 is 34.2 Å². The van der Waals surface area contributed by atoms with E-state index in [0.717, 1.165) is 16.5 Å². The normalized spacial score (nSPS) is 11.3. The Morgan fingerprint density at radius 3 is 2.71 bits per heavy atom. The molecule has 5 aromatic rings. The van der Waals surface area contributed by atoms with Gasteiger partial charge in [0.05, 0.1) is 17.5 Å². The zero-order valence-electron chi connectivity index (χ0n) is 16.2. The Morgan fingerprint density at radius 2 is 1.90 bits per heavy atom. The van der Waals surface area contributed by atoms with Crippen LogP contribution in [0.25, 0.3) is 28.1 Å². The maximum atomic E-state index is 13.0. The molecule has 0 saturated carbocycles. The number of furan rings is 1. The smallest absolute Gasteiger partial charge is 0.230 e. The van der Waals surface area contributed by atoms with E-state index in [-0.39, 0.29) is 17.5 Å². The molecule has 2 aromatic carbocycles. The molecule has 0 atom stereocenters. The molecule has 1 amide bonds. The van der Waals surface area contributed by atoms with Gasteiger partial charge in [-0.1, -0.05) is 36.0 Å². The number of benzene rings is 2. The predicted molar refractivity (Wildman–Crippen MR) is 115 cm³/mol. The van der Waals surface area contributed by atoms with Gasteiger partial charge in [0.25, 0.3) is 0 Å². The fraction of sp³-hybridized carbons (Fsp3) is 0.0909. The highest BCUT2D eigenvalue weighted by Crippen LogP contribution is 2.26. The number of halogens is 1. The van der Waals surface area contributed by atoms with Crippen LogP contribution in [0.3, 0.4) is 0 Å². The van der Waals surface area contributed by atoms with Gasteiger partial charge in [-0.3, -0.25) is 4.79 Å². The maximum absolute atomic E-state index is 13.0. The molecule has 0 bridgehead atoms. The van der Waals surface area contributed by atoms with Crippen LogP contribution in [-0.2, 0) is 11.3 Å². The van der Waals surface area contributed by atoms with Crippen LogP contribution in [0, 0.1) is 5.82 Å². The Morgan fingerprint density at radius 1 is 1.06 bits per heavy atom. The summed E-state index contributed by atoms with van der Waals surface area (Å²) in [7, 11) is 0. The van der Waals surface area contributed by atoms with Crippen molar-refractivity contribution in [2.45, 2.75) is 11.7 Å².